The van der Waals surface area contributed by atoms with Crippen LogP contribution in [0.2, 0.25) is 0 Å². The predicted octanol–water partition coefficient (Wildman–Crippen LogP) is 0.299. The van der Waals surface area contributed by atoms with Crippen LogP contribution in [0.4, 0.5) is 0 Å². The normalized spacial score (nSPS) is 20.7. The fourth-order valence-corrected chi connectivity index (χ4v) is 3.73. The van der Waals surface area contributed by atoms with Gasteiger partial charge in [-0.3, -0.25) is 4.79 Å². The third kappa shape index (κ3) is 5.54. The first-order valence-electron chi connectivity index (χ1n) is 6.02. The molecule has 1 saturated heterocycles. The van der Waals surface area contributed by atoms with E-state index in [0.717, 1.165) is 13.1 Å². The van der Waals surface area contributed by atoms with Gasteiger partial charge in [0.25, 0.3) is 0 Å². The molecule has 0 radical (unpaired) electrons. The van der Waals surface area contributed by atoms with Gasteiger partial charge in [-0.25, -0.2) is 8.42 Å². The first-order chi connectivity index (χ1) is 7.82. The average molecular weight is 299 g/mol. The summed E-state index contributed by atoms with van der Waals surface area (Å²) < 4.78 is 23.5. The highest BCUT2D eigenvalue weighted by molar-refractivity contribution is 7.92. The number of carbonyl (C=O) groups is 1. The minimum atomic E-state index is -3.26. The second kappa shape index (κ2) is 7.31. The number of amides is 1. The Hall–Kier alpha value is -0.330. The molecule has 0 aromatic heterocycles. The number of nitrogens with one attached hydrogen (secondary N) is 1. The second-order valence-corrected chi connectivity index (χ2v) is 7.20. The molecule has 5 nitrogen and oxygen atoms in total. The topological polar surface area (TPSA) is 66.5 Å². The van der Waals surface area contributed by atoms with Crippen molar-refractivity contribution in [2.75, 3.05) is 31.1 Å². The molecule has 1 amide bonds. The maximum Gasteiger partial charge on any atom is 0.238 e. The van der Waals surface area contributed by atoms with Crippen LogP contribution in [0.15, 0.2) is 0 Å². The van der Waals surface area contributed by atoms with E-state index in [0.29, 0.717) is 6.54 Å². The minimum Gasteiger partial charge on any atom is -0.337 e. The van der Waals surface area contributed by atoms with Crippen LogP contribution in [0.3, 0.4) is 0 Å². The van der Waals surface area contributed by atoms with Gasteiger partial charge in [-0.2, -0.15) is 0 Å². The summed E-state index contributed by atoms with van der Waals surface area (Å²) in [5.74, 6) is -0.470. The van der Waals surface area contributed by atoms with Gasteiger partial charge in [0.15, 0.2) is 9.84 Å². The van der Waals surface area contributed by atoms with Crippen molar-refractivity contribution in [3.8, 4) is 0 Å². The van der Waals surface area contributed by atoms with Crippen molar-refractivity contribution in [1.82, 2.24) is 10.2 Å². The molecule has 1 rings (SSSR count). The number of nitrogens with zero attached hydrogens (tertiary/aromatic N) is 1. The van der Waals surface area contributed by atoms with Gasteiger partial charge in [-0.15, -0.1) is 12.4 Å². The van der Waals surface area contributed by atoms with E-state index in [2.05, 4.69) is 5.32 Å². The standard InChI is InChI=1S/C11H22N2O3S.ClH/c1-9(2)7-17(15,16)8-11(14)13-5-4-12-6-10(13)3;/h9-10,12H,4-8H2,1-3H3;1H/t10-;/m0./s1. The van der Waals surface area contributed by atoms with Crippen LogP contribution < -0.4 is 5.32 Å². The van der Waals surface area contributed by atoms with E-state index in [4.69, 9.17) is 0 Å². The number of rotatable bonds is 4. The van der Waals surface area contributed by atoms with Crippen molar-refractivity contribution in [3.05, 3.63) is 0 Å². The SMILES string of the molecule is CC(C)CS(=O)(=O)CC(=O)N1CCNC[C@@H]1C.Cl. The van der Waals surface area contributed by atoms with Crippen molar-refractivity contribution in [2.45, 2.75) is 26.8 Å². The van der Waals surface area contributed by atoms with E-state index in [1.54, 1.807) is 4.90 Å². The van der Waals surface area contributed by atoms with Crippen LogP contribution in [0.5, 0.6) is 0 Å². The monoisotopic (exact) mass is 298 g/mol. The molecule has 18 heavy (non-hydrogen) atoms. The van der Waals surface area contributed by atoms with E-state index in [1.165, 1.54) is 0 Å². The highest BCUT2D eigenvalue weighted by Gasteiger charge is 2.27. The largest absolute Gasteiger partial charge is 0.337 e. The molecule has 1 aliphatic heterocycles. The van der Waals surface area contributed by atoms with Crippen LogP contribution in [-0.2, 0) is 14.6 Å². The Bertz CT molecular complexity index is 370. The fraction of sp³-hybridized carbons (Fsp3) is 0.909. The van der Waals surface area contributed by atoms with Gasteiger partial charge in [-0.1, -0.05) is 13.8 Å². The summed E-state index contributed by atoms with van der Waals surface area (Å²) in [4.78, 5) is 13.6. The van der Waals surface area contributed by atoms with Crippen molar-refractivity contribution < 1.29 is 13.2 Å². The number of sulfone groups is 1. The molecule has 1 atom stereocenters. The molecular weight excluding hydrogens is 276 g/mol. The van der Waals surface area contributed by atoms with Crippen LogP contribution in [-0.4, -0.2) is 56.4 Å². The molecule has 0 aromatic carbocycles. The lowest BCUT2D eigenvalue weighted by molar-refractivity contribution is -0.131. The summed E-state index contributed by atoms with van der Waals surface area (Å²) >= 11 is 0. The van der Waals surface area contributed by atoms with Crippen molar-refractivity contribution in [2.24, 2.45) is 5.92 Å². The van der Waals surface area contributed by atoms with E-state index in [9.17, 15) is 13.2 Å². The first kappa shape index (κ1) is 17.7. The van der Waals surface area contributed by atoms with Crippen molar-refractivity contribution in [1.29, 1.82) is 0 Å². The van der Waals surface area contributed by atoms with Gasteiger partial charge in [0.2, 0.25) is 5.91 Å². The van der Waals surface area contributed by atoms with Crippen molar-refractivity contribution >= 4 is 28.2 Å². The molecule has 1 N–H and O–H groups in total. The molecule has 0 saturated carbocycles. The summed E-state index contributed by atoms with van der Waals surface area (Å²) in [6.07, 6.45) is 0. The zero-order chi connectivity index (χ0) is 13.1. The maximum absolute atomic E-state index is 11.9. The van der Waals surface area contributed by atoms with Crippen molar-refractivity contribution in [3.63, 3.8) is 0 Å². The Kier molecular flexibility index (Phi) is 7.17. The lowest BCUT2D eigenvalue weighted by atomic mass is 10.2. The van der Waals surface area contributed by atoms with Crippen LogP contribution in [0.1, 0.15) is 20.8 Å². The van der Waals surface area contributed by atoms with Gasteiger partial charge >= 0.3 is 0 Å². The van der Waals surface area contributed by atoms with E-state index in [-0.39, 0.29) is 41.8 Å². The van der Waals surface area contributed by atoms with Crippen LogP contribution in [0, 0.1) is 5.92 Å². The van der Waals surface area contributed by atoms with Gasteiger partial charge in [0.1, 0.15) is 5.75 Å². The Morgan fingerprint density at radius 1 is 1.44 bits per heavy atom. The molecule has 108 valence electrons. The zero-order valence-corrected chi connectivity index (χ0v) is 12.8. The minimum absolute atomic E-state index is 0. The van der Waals surface area contributed by atoms with Gasteiger partial charge in [0.05, 0.1) is 5.75 Å². The molecule has 1 heterocycles. The first-order valence-corrected chi connectivity index (χ1v) is 7.84. The van der Waals surface area contributed by atoms with Gasteiger partial charge in [0, 0.05) is 25.7 Å². The number of halogens is 1. The average Bonchev–Trinajstić information content (AvgIpc) is 2.14. The fourth-order valence-electron chi connectivity index (χ4n) is 2.05. The quantitative estimate of drug-likeness (QED) is 0.811. The number of piperazine rings is 1. The highest BCUT2D eigenvalue weighted by Crippen LogP contribution is 2.07. The summed E-state index contributed by atoms with van der Waals surface area (Å²) in [6, 6.07) is 0.0745. The molecule has 1 aliphatic rings. The molecule has 0 unspecified atom stereocenters. The lowest BCUT2D eigenvalue weighted by Gasteiger charge is -2.34. The Morgan fingerprint density at radius 3 is 2.56 bits per heavy atom. The predicted molar refractivity (Wildman–Crippen MR) is 74.8 cm³/mol. The molecule has 0 spiro atoms. The Labute approximate surface area is 116 Å². The van der Waals surface area contributed by atoms with E-state index in [1.807, 2.05) is 20.8 Å². The van der Waals surface area contributed by atoms with Gasteiger partial charge < -0.3 is 10.2 Å². The molecular formula is C11H23ClN2O3S. The number of carbonyl (C=O) groups excluding carboxylic acids is 1. The Morgan fingerprint density at radius 2 is 2.06 bits per heavy atom. The zero-order valence-electron chi connectivity index (χ0n) is 11.2. The highest BCUT2D eigenvalue weighted by atomic mass is 35.5. The van der Waals surface area contributed by atoms with Crippen LogP contribution >= 0.6 is 12.4 Å². The smallest absolute Gasteiger partial charge is 0.238 e. The second-order valence-electron chi connectivity index (χ2n) is 5.09. The van der Waals surface area contributed by atoms with E-state index < -0.39 is 9.84 Å². The van der Waals surface area contributed by atoms with Crippen LogP contribution in [0.25, 0.3) is 0 Å². The molecule has 7 heteroatoms. The molecule has 1 fully saturated rings. The summed E-state index contributed by atoms with van der Waals surface area (Å²) in [7, 11) is -3.26. The lowest BCUT2D eigenvalue weighted by Crippen LogP contribution is -2.53. The third-order valence-electron chi connectivity index (χ3n) is 2.75. The third-order valence-corrected chi connectivity index (χ3v) is 4.61. The summed E-state index contributed by atoms with van der Waals surface area (Å²) in [6.45, 7) is 7.68. The summed E-state index contributed by atoms with van der Waals surface area (Å²) in [5.41, 5.74) is 0. The van der Waals surface area contributed by atoms with E-state index >= 15 is 0 Å². The maximum atomic E-state index is 11.9. The number of hydrogen-bond donors (Lipinski definition) is 1. The van der Waals surface area contributed by atoms with Gasteiger partial charge in [-0.05, 0) is 12.8 Å². The number of hydrogen-bond acceptors (Lipinski definition) is 4. The molecule has 0 aliphatic carbocycles. The Balaban J connectivity index is 0.00000289. The molecule has 0 aromatic rings. The molecule has 0 bridgehead atoms. The summed E-state index contributed by atoms with van der Waals surface area (Å²) in [5, 5.41) is 3.17.